The Labute approximate surface area is 309 Å². The summed E-state index contributed by atoms with van der Waals surface area (Å²) in [6.07, 6.45) is 2.80. The normalized spacial score (nSPS) is 15.9. The van der Waals surface area contributed by atoms with Crippen molar-refractivity contribution in [2.45, 2.75) is 52.9 Å². The summed E-state index contributed by atoms with van der Waals surface area (Å²) in [4.78, 5) is 50.2. The van der Waals surface area contributed by atoms with Gasteiger partial charge < -0.3 is 23.8 Å². The van der Waals surface area contributed by atoms with Crippen molar-refractivity contribution in [1.29, 1.82) is 0 Å². The SMILES string of the molecule is CCOP(=O)(OCC)c1cc2c(cc1-c1cnc(C)nc1)c(C(C)=O)cn2CC(=O)N1C[C@H](F)C[C@H]1C(=O)Nc1cccc(-c2ccccc2Cl)c1F. The van der Waals surface area contributed by atoms with Gasteiger partial charge in [0.25, 0.3) is 0 Å². The molecule has 276 valence electrons. The number of aromatic nitrogens is 3. The molecule has 1 N–H and O–H groups in total. The molecule has 1 fully saturated rings. The summed E-state index contributed by atoms with van der Waals surface area (Å²) in [6, 6.07) is 13.1. The van der Waals surface area contributed by atoms with Crippen LogP contribution < -0.4 is 10.6 Å². The van der Waals surface area contributed by atoms with Gasteiger partial charge in [0.1, 0.15) is 24.6 Å². The molecule has 53 heavy (non-hydrogen) atoms. The summed E-state index contributed by atoms with van der Waals surface area (Å²) in [5.74, 6) is -1.92. The Morgan fingerprint density at radius 3 is 2.34 bits per heavy atom. The molecular formula is C38H37ClF2N5O6P. The minimum Gasteiger partial charge on any atom is -0.337 e. The average molecular weight is 764 g/mol. The molecule has 0 aliphatic carbocycles. The Morgan fingerprint density at radius 1 is 1.00 bits per heavy atom. The van der Waals surface area contributed by atoms with Crippen molar-refractivity contribution < 1.29 is 36.8 Å². The van der Waals surface area contributed by atoms with Gasteiger partial charge in [-0.2, -0.15) is 0 Å². The monoisotopic (exact) mass is 763 g/mol. The van der Waals surface area contributed by atoms with E-state index in [9.17, 15) is 23.3 Å². The lowest BCUT2D eigenvalue weighted by molar-refractivity contribution is -0.137. The zero-order valence-corrected chi connectivity index (χ0v) is 31.1. The first-order valence-corrected chi connectivity index (χ1v) is 18.9. The van der Waals surface area contributed by atoms with Crippen molar-refractivity contribution >= 4 is 58.7 Å². The molecule has 2 amide bonds. The van der Waals surface area contributed by atoms with Gasteiger partial charge in [0.2, 0.25) is 11.8 Å². The number of aryl methyl sites for hydroxylation is 1. The number of halogens is 3. The maximum Gasteiger partial charge on any atom is 0.362 e. The van der Waals surface area contributed by atoms with Gasteiger partial charge in [-0.3, -0.25) is 18.9 Å². The number of carbonyl (C=O) groups excluding carboxylic acids is 3. The van der Waals surface area contributed by atoms with Gasteiger partial charge in [0.15, 0.2) is 11.6 Å². The van der Waals surface area contributed by atoms with Crippen LogP contribution in [0.15, 0.2) is 73.2 Å². The van der Waals surface area contributed by atoms with Crippen LogP contribution >= 0.6 is 19.2 Å². The van der Waals surface area contributed by atoms with Crippen LogP contribution in [0.5, 0.6) is 0 Å². The topological polar surface area (TPSA) is 133 Å². The number of benzene rings is 3. The summed E-state index contributed by atoms with van der Waals surface area (Å²) < 4.78 is 57.9. The van der Waals surface area contributed by atoms with Crippen LogP contribution in [0.2, 0.25) is 5.02 Å². The summed E-state index contributed by atoms with van der Waals surface area (Å²) in [5, 5.41) is 3.47. The number of nitrogens with zero attached hydrogens (tertiary/aromatic N) is 4. The molecule has 11 nitrogen and oxygen atoms in total. The number of carbonyl (C=O) groups is 3. The lowest BCUT2D eigenvalue weighted by Crippen LogP contribution is -2.44. The molecule has 1 aliphatic heterocycles. The van der Waals surface area contributed by atoms with Gasteiger partial charge in [-0.1, -0.05) is 41.9 Å². The van der Waals surface area contributed by atoms with Crippen LogP contribution in [-0.2, 0) is 29.7 Å². The molecule has 0 radical (unpaired) electrons. The third-order valence-corrected chi connectivity index (χ3v) is 11.4. The van der Waals surface area contributed by atoms with E-state index in [0.717, 1.165) is 4.90 Å². The molecule has 0 spiro atoms. The second-order valence-electron chi connectivity index (χ2n) is 12.5. The molecule has 1 saturated heterocycles. The van der Waals surface area contributed by atoms with Crippen molar-refractivity contribution in [3.8, 4) is 22.3 Å². The van der Waals surface area contributed by atoms with Gasteiger partial charge in [0.05, 0.1) is 36.3 Å². The number of anilines is 1. The highest BCUT2D eigenvalue weighted by Gasteiger charge is 2.40. The van der Waals surface area contributed by atoms with E-state index < -0.39 is 44.0 Å². The van der Waals surface area contributed by atoms with E-state index in [1.807, 2.05) is 0 Å². The largest absolute Gasteiger partial charge is 0.362 e. The van der Waals surface area contributed by atoms with Crippen molar-refractivity contribution in [3.05, 3.63) is 95.4 Å². The molecule has 3 aromatic carbocycles. The van der Waals surface area contributed by atoms with E-state index in [1.54, 1.807) is 75.6 Å². The Bertz CT molecular complexity index is 2260. The third-order valence-electron chi connectivity index (χ3n) is 8.96. The van der Waals surface area contributed by atoms with Crippen LogP contribution in [0.25, 0.3) is 33.2 Å². The van der Waals surface area contributed by atoms with Crippen molar-refractivity contribution in [3.63, 3.8) is 0 Å². The summed E-state index contributed by atoms with van der Waals surface area (Å²) >= 11 is 6.29. The number of nitrogens with one attached hydrogen (secondary N) is 1. The van der Waals surface area contributed by atoms with E-state index >= 15 is 4.39 Å². The van der Waals surface area contributed by atoms with Crippen molar-refractivity contribution in [1.82, 2.24) is 19.4 Å². The molecule has 1 aliphatic rings. The summed E-state index contributed by atoms with van der Waals surface area (Å²) in [5.41, 5.74) is 1.97. The molecule has 2 atom stereocenters. The standard InChI is InChI=1S/C38H37ClF2N5O6P/c1-5-51-53(50,52-6-2)35-16-33-29(15-28(35)24-17-42-23(4)43-18-24)30(22(3)47)20-45(33)21-36(48)46-19-25(40)14-34(46)38(49)44-32-13-9-11-27(37(32)41)26-10-7-8-12-31(26)39/h7-13,15-18,20,25,34H,5-6,14,19,21H2,1-4H3,(H,44,49)/t25-,34+/m1/s1. The maximum absolute atomic E-state index is 15.7. The number of hydrogen-bond donors (Lipinski definition) is 1. The fraction of sp³-hybridized carbons (Fsp3) is 0.289. The first-order chi connectivity index (χ1) is 25.3. The second-order valence-corrected chi connectivity index (χ2v) is 14.9. The number of likely N-dealkylation sites (tertiary alicyclic amines) is 1. The molecular weight excluding hydrogens is 727 g/mol. The second kappa shape index (κ2) is 15.7. The Morgan fingerprint density at radius 2 is 1.68 bits per heavy atom. The number of amides is 2. The molecule has 2 aromatic heterocycles. The van der Waals surface area contributed by atoms with Crippen LogP contribution in [0.3, 0.4) is 0 Å². The Hall–Kier alpha value is -4.81. The molecule has 6 rings (SSSR count). The van der Waals surface area contributed by atoms with E-state index in [1.165, 1.54) is 29.8 Å². The molecule has 5 aromatic rings. The lowest BCUT2D eigenvalue weighted by Gasteiger charge is -2.24. The van der Waals surface area contributed by atoms with E-state index in [4.69, 9.17) is 20.6 Å². The minimum atomic E-state index is -3.96. The van der Waals surface area contributed by atoms with Crippen molar-refractivity contribution in [2.24, 2.45) is 0 Å². The fourth-order valence-electron chi connectivity index (χ4n) is 6.52. The highest BCUT2D eigenvalue weighted by molar-refractivity contribution is 7.62. The fourth-order valence-corrected chi connectivity index (χ4v) is 8.56. The molecule has 0 unspecified atom stereocenters. The first-order valence-electron chi connectivity index (χ1n) is 17.0. The number of fused-ring (bicyclic) bond motifs is 1. The predicted octanol–water partition coefficient (Wildman–Crippen LogP) is 7.54. The van der Waals surface area contributed by atoms with E-state index in [-0.39, 0.29) is 54.1 Å². The van der Waals surface area contributed by atoms with Crippen molar-refractivity contribution in [2.75, 3.05) is 25.1 Å². The van der Waals surface area contributed by atoms with Gasteiger partial charge in [-0.15, -0.1) is 0 Å². The Balaban J connectivity index is 1.36. The van der Waals surface area contributed by atoms with E-state index in [0.29, 0.717) is 38.4 Å². The molecule has 3 heterocycles. The highest BCUT2D eigenvalue weighted by atomic mass is 35.5. The Kier molecular flexibility index (Phi) is 11.2. The number of hydrogen-bond acceptors (Lipinski definition) is 8. The zero-order chi connectivity index (χ0) is 38.0. The minimum absolute atomic E-state index is 0.0638. The maximum atomic E-state index is 15.7. The third kappa shape index (κ3) is 7.66. The highest BCUT2D eigenvalue weighted by Crippen LogP contribution is 2.50. The lowest BCUT2D eigenvalue weighted by atomic mass is 10.0. The molecule has 0 saturated carbocycles. The van der Waals surface area contributed by atoms with Crippen LogP contribution in [-0.4, -0.2) is 69.0 Å². The van der Waals surface area contributed by atoms with Gasteiger partial charge >= 0.3 is 7.60 Å². The van der Waals surface area contributed by atoms with Gasteiger partial charge in [-0.05, 0) is 52.0 Å². The van der Waals surface area contributed by atoms with Crippen LogP contribution in [0, 0.1) is 12.7 Å². The number of alkyl halides is 1. The summed E-state index contributed by atoms with van der Waals surface area (Å²) in [6.45, 7) is 5.81. The molecule has 0 bridgehead atoms. The number of Topliss-reactive ketones (excluding diaryl/α,β-unsaturated/α-hetero) is 1. The molecule has 15 heteroatoms. The zero-order valence-electron chi connectivity index (χ0n) is 29.4. The van der Waals surface area contributed by atoms with E-state index in [2.05, 4.69) is 15.3 Å². The number of rotatable bonds is 12. The smallest absolute Gasteiger partial charge is 0.337 e. The predicted molar refractivity (Wildman–Crippen MR) is 199 cm³/mol. The van der Waals surface area contributed by atoms with Crippen LogP contribution in [0.1, 0.15) is 43.4 Å². The van der Waals surface area contributed by atoms with Gasteiger partial charge in [-0.25, -0.2) is 18.7 Å². The summed E-state index contributed by atoms with van der Waals surface area (Å²) in [7, 11) is -3.96. The first kappa shape index (κ1) is 37.9. The number of ketones is 1. The quantitative estimate of drug-likeness (QED) is 0.102. The van der Waals surface area contributed by atoms with Gasteiger partial charge in [0, 0.05) is 63.2 Å². The van der Waals surface area contributed by atoms with Crippen LogP contribution in [0.4, 0.5) is 14.5 Å². The average Bonchev–Trinajstić information content (AvgIpc) is 3.70.